The second-order valence-corrected chi connectivity index (χ2v) is 2.71. The first-order valence-electron chi connectivity index (χ1n) is 3.71. The molecule has 0 aromatic carbocycles. The van der Waals surface area contributed by atoms with E-state index in [-0.39, 0.29) is 0 Å². The topological polar surface area (TPSA) is 38.9 Å². The van der Waals surface area contributed by atoms with E-state index in [1.165, 1.54) is 18.5 Å². The van der Waals surface area contributed by atoms with Crippen LogP contribution in [0.5, 0.6) is 0 Å². The van der Waals surface area contributed by atoms with Gasteiger partial charge in [0.15, 0.2) is 0 Å². The number of nitrogens with two attached hydrogens (primary N) is 1. The fourth-order valence-electron chi connectivity index (χ4n) is 0.963. The third-order valence-corrected chi connectivity index (χ3v) is 1.56. The van der Waals surface area contributed by atoms with Crippen LogP contribution in [0.15, 0.2) is 24.5 Å². The van der Waals surface area contributed by atoms with E-state index in [2.05, 4.69) is 4.98 Å². The van der Waals surface area contributed by atoms with Crippen molar-refractivity contribution in [2.24, 2.45) is 5.73 Å². The van der Waals surface area contributed by atoms with Crippen LogP contribution in [-0.2, 0) is 0 Å². The van der Waals surface area contributed by atoms with Crippen molar-refractivity contribution in [1.82, 2.24) is 4.98 Å². The summed E-state index contributed by atoms with van der Waals surface area (Å²) < 4.78 is 35.7. The molecule has 0 spiro atoms. The second-order valence-electron chi connectivity index (χ2n) is 2.71. The smallest absolute Gasteiger partial charge is 0.324 e. The first kappa shape index (κ1) is 9.98. The van der Waals surface area contributed by atoms with Crippen LogP contribution in [0.4, 0.5) is 13.2 Å². The number of hydrogen-bond acceptors (Lipinski definition) is 2. The Hall–Kier alpha value is -1.10. The molecule has 0 bridgehead atoms. The Morgan fingerprint density at radius 1 is 1.46 bits per heavy atom. The minimum absolute atomic E-state index is 0.403. The third kappa shape index (κ3) is 3.42. The molecule has 72 valence electrons. The van der Waals surface area contributed by atoms with Gasteiger partial charge < -0.3 is 5.73 Å². The van der Waals surface area contributed by atoms with Crippen molar-refractivity contribution in [3.05, 3.63) is 30.1 Å². The van der Waals surface area contributed by atoms with Crippen LogP contribution in [0, 0.1) is 0 Å². The number of rotatable bonds is 2. The Labute approximate surface area is 73.6 Å². The summed E-state index contributed by atoms with van der Waals surface area (Å²) in [6.45, 7) is 0. The molecule has 0 unspecified atom stereocenters. The summed E-state index contributed by atoms with van der Waals surface area (Å²) in [7, 11) is 0. The van der Waals surface area contributed by atoms with Crippen LogP contribution >= 0.6 is 0 Å². The molecule has 1 aromatic heterocycles. The van der Waals surface area contributed by atoms with E-state index in [0.29, 0.717) is 5.56 Å². The van der Waals surface area contributed by atoms with Gasteiger partial charge in [0, 0.05) is 18.4 Å². The van der Waals surface area contributed by atoms with Crippen LogP contribution < -0.4 is 5.73 Å². The third-order valence-electron chi connectivity index (χ3n) is 1.56. The summed E-state index contributed by atoms with van der Waals surface area (Å²) in [5, 5.41) is 0. The second kappa shape index (κ2) is 3.74. The quantitative estimate of drug-likeness (QED) is 0.774. The van der Waals surface area contributed by atoms with Crippen molar-refractivity contribution in [3.63, 3.8) is 0 Å². The number of nitrogens with zero attached hydrogens (tertiary/aromatic N) is 1. The molecule has 0 radical (unpaired) electrons. The van der Waals surface area contributed by atoms with E-state index in [4.69, 9.17) is 5.73 Å². The van der Waals surface area contributed by atoms with E-state index in [1.54, 1.807) is 6.07 Å². The Morgan fingerprint density at radius 3 is 2.62 bits per heavy atom. The number of halogens is 3. The van der Waals surface area contributed by atoms with Crippen LogP contribution in [0.1, 0.15) is 18.0 Å². The normalized spacial score (nSPS) is 14.2. The first-order chi connectivity index (χ1) is 5.99. The van der Waals surface area contributed by atoms with Crippen molar-refractivity contribution < 1.29 is 13.2 Å². The van der Waals surface area contributed by atoms with Gasteiger partial charge in [0.25, 0.3) is 0 Å². The lowest BCUT2D eigenvalue weighted by Crippen LogP contribution is -2.20. The SMILES string of the molecule is N[C@@H](CC(F)(F)F)c1cccnc1. The predicted octanol–water partition coefficient (Wildman–Crippen LogP) is 2.03. The Kier molecular flexibility index (Phi) is 2.87. The van der Waals surface area contributed by atoms with Crippen molar-refractivity contribution in [2.45, 2.75) is 18.6 Å². The summed E-state index contributed by atoms with van der Waals surface area (Å²) in [4.78, 5) is 3.69. The van der Waals surface area contributed by atoms with E-state index < -0.39 is 18.6 Å². The van der Waals surface area contributed by atoms with Crippen molar-refractivity contribution in [2.75, 3.05) is 0 Å². The van der Waals surface area contributed by atoms with Crippen molar-refractivity contribution in [3.8, 4) is 0 Å². The maximum absolute atomic E-state index is 11.9. The van der Waals surface area contributed by atoms with Crippen LogP contribution in [0.2, 0.25) is 0 Å². The predicted molar refractivity (Wildman–Crippen MR) is 41.8 cm³/mol. The van der Waals surface area contributed by atoms with E-state index in [9.17, 15) is 13.2 Å². The van der Waals surface area contributed by atoms with Crippen LogP contribution in [-0.4, -0.2) is 11.2 Å². The lowest BCUT2D eigenvalue weighted by atomic mass is 10.1. The van der Waals surface area contributed by atoms with Gasteiger partial charge >= 0.3 is 6.18 Å². The number of alkyl halides is 3. The van der Waals surface area contributed by atoms with Gasteiger partial charge in [0.1, 0.15) is 0 Å². The van der Waals surface area contributed by atoms with Gasteiger partial charge in [-0.1, -0.05) is 6.07 Å². The summed E-state index contributed by atoms with van der Waals surface area (Å²) >= 11 is 0. The highest BCUT2D eigenvalue weighted by Gasteiger charge is 2.30. The fourth-order valence-corrected chi connectivity index (χ4v) is 0.963. The molecular formula is C8H9F3N2. The molecule has 2 nitrogen and oxygen atoms in total. The molecule has 1 aromatic rings. The average Bonchev–Trinajstić information content (AvgIpc) is 2.03. The molecule has 5 heteroatoms. The molecule has 0 aliphatic carbocycles. The lowest BCUT2D eigenvalue weighted by molar-refractivity contribution is -0.138. The lowest BCUT2D eigenvalue weighted by Gasteiger charge is -2.13. The molecular weight excluding hydrogens is 181 g/mol. The summed E-state index contributed by atoms with van der Waals surface area (Å²) in [6.07, 6.45) is -2.41. The van der Waals surface area contributed by atoms with Gasteiger partial charge in [-0.25, -0.2) is 0 Å². The molecule has 1 heterocycles. The van der Waals surface area contributed by atoms with Gasteiger partial charge in [-0.15, -0.1) is 0 Å². The van der Waals surface area contributed by atoms with Crippen LogP contribution in [0.25, 0.3) is 0 Å². The Morgan fingerprint density at radius 2 is 2.15 bits per heavy atom. The largest absolute Gasteiger partial charge is 0.390 e. The van der Waals surface area contributed by atoms with Crippen molar-refractivity contribution in [1.29, 1.82) is 0 Å². The molecule has 13 heavy (non-hydrogen) atoms. The standard InChI is InChI=1S/C8H9F3N2/c9-8(10,11)4-7(12)6-2-1-3-13-5-6/h1-3,5,7H,4,12H2/t7-/m0/s1. The average molecular weight is 190 g/mol. The molecule has 0 saturated carbocycles. The van der Waals surface area contributed by atoms with Crippen molar-refractivity contribution >= 4 is 0 Å². The Bertz CT molecular complexity index is 258. The highest BCUT2D eigenvalue weighted by molar-refractivity contribution is 5.13. The molecule has 0 aliphatic heterocycles. The van der Waals surface area contributed by atoms with Crippen LogP contribution in [0.3, 0.4) is 0 Å². The zero-order valence-electron chi connectivity index (χ0n) is 6.75. The summed E-state index contributed by atoms with van der Waals surface area (Å²) in [5.41, 5.74) is 5.72. The number of pyridine rings is 1. The molecule has 0 aliphatic rings. The Balaban J connectivity index is 2.64. The molecule has 0 amide bonds. The number of hydrogen-bond donors (Lipinski definition) is 1. The molecule has 1 atom stereocenters. The molecule has 0 fully saturated rings. The van der Waals surface area contributed by atoms with E-state index in [1.807, 2.05) is 0 Å². The molecule has 0 saturated heterocycles. The summed E-state index contributed by atoms with van der Waals surface area (Å²) in [5.74, 6) is 0. The van der Waals surface area contributed by atoms with E-state index in [0.717, 1.165) is 0 Å². The maximum Gasteiger partial charge on any atom is 0.390 e. The molecule has 1 rings (SSSR count). The van der Waals surface area contributed by atoms with Gasteiger partial charge in [-0.05, 0) is 11.6 Å². The monoisotopic (exact) mass is 190 g/mol. The minimum Gasteiger partial charge on any atom is -0.324 e. The molecule has 2 N–H and O–H groups in total. The van der Waals surface area contributed by atoms with Gasteiger partial charge in [-0.3, -0.25) is 4.98 Å². The summed E-state index contributed by atoms with van der Waals surface area (Å²) in [6, 6.07) is 2.07. The zero-order valence-corrected chi connectivity index (χ0v) is 6.75. The first-order valence-corrected chi connectivity index (χ1v) is 3.71. The minimum atomic E-state index is -4.23. The fraction of sp³-hybridized carbons (Fsp3) is 0.375. The highest BCUT2D eigenvalue weighted by atomic mass is 19.4. The zero-order chi connectivity index (χ0) is 9.90. The highest BCUT2D eigenvalue weighted by Crippen LogP contribution is 2.27. The van der Waals surface area contributed by atoms with Gasteiger partial charge in [0.05, 0.1) is 6.42 Å². The number of aromatic nitrogens is 1. The van der Waals surface area contributed by atoms with E-state index >= 15 is 0 Å². The van der Waals surface area contributed by atoms with Gasteiger partial charge in [-0.2, -0.15) is 13.2 Å². The van der Waals surface area contributed by atoms with Gasteiger partial charge in [0.2, 0.25) is 0 Å². The maximum atomic E-state index is 11.9.